The molecule has 0 saturated carbocycles. The van der Waals surface area contributed by atoms with Crippen molar-refractivity contribution in [3.63, 3.8) is 0 Å². The first kappa shape index (κ1) is 12.8. The number of H-pyrrole nitrogens is 1. The van der Waals surface area contributed by atoms with Gasteiger partial charge in [-0.05, 0) is 6.92 Å². The van der Waals surface area contributed by atoms with Crippen molar-refractivity contribution in [3.05, 3.63) is 34.2 Å². The molecule has 2 unspecified atom stereocenters. The Hall–Kier alpha value is -1.66. The Balaban J connectivity index is 2.22. The van der Waals surface area contributed by atoms with Crippen molar-refractivity contribution in [1.29, 1.82) is 0 Å². The molecule has 2 rings (SSSR count). The van der Waals surface area contributed by atoms with E-state index in [-0.39, 0.29) is 35.7 Å². The number of aromatic nitrogens is 1. The predicted molar refractivity (Wildman–Crippen MR) is 64.4 cm³/mol. The standard InChI is InChI=1S/C12H16N2O4/c1-8-7-18-9(6-15)5-14(8)12(17)10-4-13-3-2-11(10)16/h2-4,8-9,15H,5-7H2,1H3,(H,13,16). The van der Waals surface area contributed by atoms with E-state index in [2.05, 4.69) is 4.98 Å². The highest BCUT2D eigenvalue weighted by molar-refractivity contribution is 5.94. The fourth-order valence-corrected chi connectivity index (χ4v) is 1.95. The number of aliphatic hydroxyl groups is 1. The number of ether oxygens (including phenoxy) is 1. The maximum absolute atomic E-state index is 12.3. The van der Waals surface area contributed by atoms with Crippen LogP contribution < -0.4 is 5.43 Å². The summed E-state index contributed by atoms with van der Waals surface area (Å²) in [6.07, 6.45) is 2.51. The number of hydrogen-bond donors (Lipinski definition) is 2. The van der Waals surface area contributed by atoms with Crippen molar-refractivity contribution >= 4 is 5.91 Å². The number of nitrogens with one attached hydrogen (secondary N) is 1. The number of hydrogen-bond acceptors (Lipinski definition) is 4. The van der Waals surface area contributed by atoms with E-state index in [1.807, 2.05) is 6.92 Å². The molecule has 0 spiro atoms. The molecule has 2 N–H and O–H groups in total. The molecular weight excluding hydrogens is 236 g/mol. The van der Waals surface area contributed by atoms with Crippen LogP contribution in [0.4, 0.5) is 0 Å². The van der Waals surface area contributed by atoms with Crippen LogP contribution in [-0.4, -0.2) is 52.8 Å². The summed E-state index contributed by atoms with van der Waals surface area (Å²) in [5.74, 6) is -0.328. The van der Waals surface area contributed by atoms with E-state index in [0.717, 1.165) is 0 Å². The highest BCUT2D eigenvalue weighted by Crippen LogP contribution is 2.13. The van der Waals surface area contributed by atoms with Crippen LogP contribution in [0.5, 0.6) is 0 Å². The molecule has 18 heavy (non-hydrogen) atoms. The Morgan fingerprint density at radius 2 is 2.44 bits per heavy atom. The summed E-state index contributed by atoms with van der Waals surface area (Å²) < 4.78 is 5.36. The lowest BCUT2D eigenvalue weighted by atomic mass is 10.1. The van der Waals surface area contributed by atoms with Gasteiger partial charge in [0.05, 0.1) is 25.4 Å². The Kier molecular flexibility index (Phi) is 3.78. The van der Waals surface area contributed by atoms with Crippen LogP contribution in [-0.2, 0) is 4.74 Å². The maximum Gasteiger partial charge on any atom is 0.259 e. The minimum absolute atomic E-state index is 0.111. The molecular formula is C12H16N2O4. The molecule has 1 aromatic heterocycles. The molecule has 6 heteroatoms. The molecule has 0 aliphatic carbocycles. The van der Waals surface area contributed by atoms with Crippen molar-refractivity contribution in [2.75, 3.05) is 19.8 Å². The van der Waals surface area contributed by atoms with Crippen LogP contribution in [0.15, 0.2) is 23.3 Å². The lowest BCUT2D eigenvalue weighted by Crippen LogP contribution is -2.52. The lowest BCUT2D eigenvalue weighted by Gasteiger charge is -2.37. The zero-order valence-electron chi connectivity index (χ0n) is 10.1. The molecule has 6 nitrogen and oxygen atoms in total. The molecule has 2 atom stereocenters. The Morgan fingerprint density at radius 3 is 3.11 bits per heavy atom. The van der Waals surface area contributed by atoms with Crippen LogP contribution in [0.1, 0.15) is 17.3 Å². The monoisotopic (exact) mass is 252 g/mol. The Morgan fingerprint density at radius 1 is 1.67 bits per heavy atom. The van der Waals surface area contributed by atoms with Crippen molar-refractivity contribution in [3.8, 4) is 0 Å². The van der Waals surface area contributed by atoms with Gasteiger partial charge in [-0.2, -0.15) is 0 Å². The van der Waals surface area contributed by atoms with Gasteiger partial charge < -0.3 is 19.7 Å². The van der Waals surface area contributed by atoms with Gasteiger partial charge in [0.25, 0.3) is 5.91 Å². The molecule has 1 amide bonds. The Labute approximate surface area is 104 Å². The SMILES string of the molecule is CC1COC(CO)CN1C(=O)c1c[nH]ccc1=O. The number of amides is 1. The first-order chi connectivity index (χ1) is 8.63. The van der Waals surface area contributed by atoms with Crippen molar-refractivity contribution in [2.24, 2.45) is 0 Å². The first-order valence-electron chi connectivity index (χ1n) is 5.84. The first-order valence-corrected chi connectivity index (χ1v) is 5.84. The molecule has 0 radical (unpaired) electrons. The maximum atomic E-state index is 12.3. The summed E-state index contributed by atoms with van der Waals surface area (Å²) in [5.41, 5.74) is -0.194. The van der Waals surface area contributed by atoms with Gasteiger partial charge in [0.2, 0.25) is 0 Å². The van der Waals surface area contributed by atoms with Crippen LogP contribution in [0.25, 0.3) is 0 Å². The van der Waals surface area contributed by atoms with E-state index in [1.165, 1.54) is 18.5 Å². The predicted octanol–water partition coefficient (Wildman–Crippen LogP) is -0.403. The number of morpholine rings is 1. The quantitative estimate of drug-likeness (QED) is 0.750. The number of pyridine rings is 1. The second kappa shape index (κ2) is 5.32. The highest BCUT2D eigenvalue weighted by atomic mass is 16.5. The largest absolute Gasteiger partial charge is 0.394 e. The summed E-state index contributed by atoms with van der Waals surface area (Å²) in [6, 6.07) is 1.21. The molecule has 1 fully saturated rings. The third kappa shape index (κ3) is 2.44. The molecule has 0 aromatic carbocycles. The van der Waals surface area contributed by atoms with E-state index in [1.54, 1.807) is 4.90 Å². The summed E-state index contributed by atoms with van der Waals surface area (Å²) in [5, 5.41) is 9.07. The number of rotatable bonds is 2. The molecule has 1 aliphatic rings. The molecule has 1 saturated heterocycles. The average molecular weight is 252 g/mol. The van der Waals surface area contributed by atoms with E-state index in [4.69, 9.17) is 9.84 Å². The number of carbonyl (C=O) groups excluding carboxylic acids is 1. The van der Waals surface area contributed by atoms with Crippen molar-refractivity contribution in [1.82, 2.24) is 9.88 Å². The Bertz CT molecular complexity index is 485. The van der Waals surface area contributed by atoms with E-state index in [0.29, 0.717) is 13.2 Å². The zero-order chi connectivity index (χ0) is 13.1. The van der Waals surface area contributed by atoms with Gasteiger partial charge in [-0.1, -0.05) is 0 Å². The van der Waals surface area contributed by atoms with Gasteiger partial charge in [0.1, 0.15) is 5.56 Å². The third-order valence-electron chi connectivity index (χ3n) is 3.02. The van der Waals surface area contributed by atoms with Crippen LogP contribution >= 0.6 is 0 Å². The van der Waals surface area contributed by atoms with E-state index < -0.39 is 0 Å². The highest BCUT2D eigenvalue weighted by Gasteiger charge is 2.30. The summed E-state index contributed by atoms with van der Waals surface area (Å²) in [4.78, 5) is 28.2. The molecule has 1 aromatic rings. The normalized spacial score (nSPS) is 24.0. The van der Waals surface area contributed by atoms with Gasteiger partial charge in [0.15, 0.2) is 5.43 Å². The van der Waals surface area contributed by atoms with Crippen LogP contribution in [0.2, 0.25) is 0 Å². The summed E-state index contributed by atoms with van der Waals surface area (Å²) in [7, 11) is 0. The zero-order valence-corrected chi connectivity index (χ0v) is 10.1. The van der Waals surface area contributed by atoms with Crippen molar-refractivity contribution in [2.45, 2.75) is 19.1 Å². The third-order valence-corrected chi connectivity index (χ3v) is 3.02. The van der Waals surface area contributed by atoms with Gasteiger partial charge in [0, 0.05) is 25.0 Å². The van der Waals surface area contributed by atoms with Gasteiger partial charge >= 0.3 is 0 Å². The van der Waals surface area contributed by atoms with E-state index in [9.17, 15) is 9.59 Å². The van der Waals surface area contributed by atoms with Gasteiger partial charge in [-0.25, -0.2) is 0 Å². The number of nitrogens with zero attached hydrogens (tertiary/aromatic N) is 1. The number of carbonyl (C=O) groups is 1. The van der Waals surface area contributed by atoms with Gasteiger partial charge in [-0.3, -0.25) is 9.59 Å². The number of aromatic amines is 1. The second-order valence-electron chi connectivity index (χ2n) is 4.37. The van der Waals surface area contributed by atoms with Crippen LogP contribution in [0, 0.1) is 0 Å². The van der Waals surface area contributed by atoms with E-state index >= 15 is 0 Å². The average Bonchev–Trinajstić information content (AvgIpc) is 2.39. The molecule has 98 valence electrons. The van der Waals surface area contributed by atoms with Gasteiger partial charge in [-0.15, -0.1) is 0 Å². The lowest BCUT2D eigenvalue weighted by molar-refractivity contribution is -0.0667. The second-order valence-corrected chi connectivity index (χ2v) is 4.37. The van der Waals surface area contributed by atoms with Crippen LogP contribution in [0.3, 0.4) is 0 Å². The molecule has 0 bridgehead atoms. The summed E-state index contributed by atoms with van der Waals surface area (Å²) >= 11 is 0. The summed E-state index contributed by atoms with van der Waals surface area (Å²) in [6.45, 7) is 2.37. The minimum atomic E-state index is -0.382. The smallest absolute Gasteiger partial charge is 0.259 e. The topological polar surface area (TPSA) is 82.6 Å². The minimum Gasteiger partial charge on any atom is -0.394 e. The fourth-order valence-electron chi connectivity index (χ4n) is 1.95. The molecule has 1 aliphatic heterocycles. The molecule has 2 heterocycles. The van der Waals surface area contributed by atoms with Crippen molar-refractivity contribution < 1.29 is 14.6 Å². The number of aliphatic hydroxyl groups excluding tert-OH is 1. The fraction of sp³-hybridized carbons (Fsp3) is 0.500.